The van der Waals surface area contributed by atoms with E-state index in [1.54, 1.807) is 0 Å². The van der Waals surface area contributed by atoms with E-state index in [-0.39, 0.29) is 23.2 Å². The number of aryl methyl sites for hydroxylation is 1. The fraction of sp³-hybridized carbons (Fsp3) is 0.412. The molecule has 0 spiro atoms. The molecule has 0 saturated heterocycles. The summed E-state index contributed by atoms with van der Waals surface area (Å²) in [6, 6.07) is 8.73. The van der Waals surface area contributed by atoms with Crippen LogP contribution in [0.5, 0.6) is 0 Å². The summed E-state index contributed by atoms with van der Waals surface area (Å²) in [6.07, 6.45) is 2.89. The minimum atomic E-state index is -0.306. The largest absolute Gasteiger partial charge is 0.347 e. The lowest BCUT2D eigenvalue weighted by molar-refractivity contribution is 0.0930. The normalized spacial score (nSPS) is 12.1. The molecule has 6 nitrogen and oxygen atoms in total. The van der Waals surface area contributed by atoms with Crippen molar-refractivity contribution in [3.63, 3.8) is 0 Å². The molecule has 2 rings (SSSR count). The van der Waals surface area contributed by atoms with Crippen LogP contribution in [0.1, 0.15) is 42.2 Å². The van der Waals surface area contributed by atoms with Gasteiger partial charge in [-0.25, -0.2) is 4.68 Å². The highest BCUT2D eigenvalue weighted by Gasteiger charge is 2.15. The molecular formula is C17H24N4O2. The number of aromatic amines is 1. The van der Waals surface area contributed by atoms with E-state index in [2.05, 4.69) is 17.3 Å². The van der Waals surface area contributed by atoms with Crippen LogP contribution >= 0.6 is 0 Å². The summed E-state index contributed by atoms with van der Waals surface area (Å²) in [5.41, 5.74) is 7.46. The zero-order chi connectivity index (χ0) is 16.8. The molecule has 1 aromatic heterocycles. The zero-order valence-corrected chi connectivity index (χ0v) is 13.6. The average molecular weight is 316 g/mol. The first-order valence-corrected chi connectivity index (χ1v) is 7.95. The van der Waals surface area contributed by atoms with Crippen molar-refractivity contribution in [1.82, 2.24) is 15.1 Å². The predicted molar refractivity (Wildman–Crippen MR) is 91.0 cm³/mol. The molecule has 2 aromatic rings. The van der Waals surface area contributed by atoms with Gasteiger partial charge < -0.3 is 11.1 Å². The Morgan fingerprint density at radius 1 is 1.35 bits per heavy atom. The highest BCUT2D eigenvalue weighted by molar-refractivity contribution is 5.92. The Kier molecular flexibility index (Phi) is 5.76. The van der Waals surface area contributed by atoms with E-state index in [9.17, 15) is 9.59 Å². The lowest BCUT2D eigenvalue weighted by atomic mass is 10.1. The number of benzene rings is 1. The van der Waals surface area contributed by atoms with Gasteiger partial charge in [0.15, 0.2) is 0 Å². The van der Waals surface area contributed by atoms with Crippen LogP contribution in [-0.2, 0) is 0 Å². The van der Waals surface area contributed by atoms with Gasteiger partial charge in [0, 0.05) is 18.7 Å². The lowest BCUT2D eigenvalue weighted by Gasteiger charge is -2.15. The van der Waals surface area contributed by atoms with Gasteiger partial charge in [-0.2, -0.15) is 0 Å². The lowest BCUT2D eigenvalue weighted by Crippen LogP contribution is -2.40. The van der Waals surface area contributed by atoms with Crippen molar-refractivity contribution in [2.45, 2.75) is 39.2 Å². The number of hydrogen-bond acceptors (Lipinski definition) is 3. The highest BCUT2D eigenvalue weighted by atomic mass is 16.2. The first-order chi connectivity index (χ1) is 11.0. The molecule has 1 aromatic carbocycles. The molecule has 0 fully saturated rings. The molecule has 0 radical (unpaired) electrons. The summed E-state index contributed by atoms with van der Waals surface area (Å²) < 4.78 is 1.36. The van der Waals surface area contributed by atoms with E-state index in [0.29, 0.717) is 12.2 Å². The van der Waals surface area contributed by atoms with Gasteiger partial charge in [-0.3, -0.25) is 14.7 Å². The van der Waals surface area contributed by atoms with Crippen molar-refractivity contribution < 1.29 is 4.79 Å². The van der Waals surface area contributed by atoms with Gasteiger partial charge >= 0.3 is 0 Å². The van der Waals surface area contributed by atoms with Gasteiger partial charge in [-0.1, -0.05) is 37.5 Å². The van der Waals surface area contributed by atoms with Crippen molar-refractivity contribution >= 4 is 5.91 Å². The van der Waals surface area contributed by atoms with Gasteiger partial charge in [-0.15, -0.1) is 0 Å². The molecule has 1 heterocycles. The van der Waals surface area contributed by atoms with Crippen LogP contribution in [0.4, 0.5) is 0 Å². The second-order valence-electron chi connectivity index (χ2n) is 5.73. The molecule has 0 aliphatic heterocycles. The molecule has 6 heteroatoms. The number of carbonyl (C=O) groups excluding carboxylic acids is 1. The Labute approximate surface area is 135 Å². The summed E-state index contributed by atoms with van der Waals surface area (Å²) >= 11 is 0. The van der Waals surface area contributed by atoms with Gasteiger partial charge in [0.2, 0.25) is 0 Å². The number of H-pyrrole nitrogens is 1. The van der Waals surface area contributed by atoms with Crippen molar-refractivity contribution in [3.05, 3.63) is 51.9 Å². The van der Waals surface area contributed by atoms with E-state index in [1.165, 1.54) is 10.7 Å². The summed E-state index contributed by atoms with van der Waals surface area (Å²) in [5, 5.41) is 5.73. The summed E-state index contributed by atoms with van der Waals surface area (Å²) in [6.45, 7) is 4.45. The molecular weight excluding hydrogens is 292 g/mol. The van der Waals surface area contributed by atoms with Crippen molar-refractivity contribution in [2.75, 3.05) is 6.54 Å². The van der Waals surface area contributed by atoms with Crippen molar-refractivity contribution in [1.29, 1.82) is 0 Å². The quantitative estimate of drug-likeness (QED) is 0.726. The maximum atomic E-state index is 12.3. The maximum Gasteiger partial charge on any atom is 0.271 e. The SMILES string of the molecule is CCCCC(CN)NC(=O)c1cc(=O)n(-c2ccc(C)cc2)[nH]1. The molecule has 0 saturated carbocycles. The van der Waals surface area contributed by atoms with E-state index in [1.807, 2.05) is 31.2 Å². The molecule has 23 heavy (non-hydrogen) atoms. The predicted octanol–water partition coefficient (Wildman–Crippen LogP) is 1.72. The van der Waals surface area contributed by atoms with Crippen LogP contribution in [0.25, 0.3) is 5.69 Å². The monoisotopic (exact) mass is 316 g/mol. The number of nitrogens with zero attached hydrogens (tertiary/aromatic N) is 1. The van der Waals surface area contributed by atoms with E-state index >= 15 is 0 Å². The molecule has 1 amide bonds. The Hall–Kier alpha value is -2.34. The van der Waals surface area contributed by atoms with E-state index in [4.69, 9.17) is 5.73 Å². The molecule has 0 bridgehead atoms. The average Bonchev–Trinajstić information content (AvgIpc) is 2.94. The number of nitrogens with two attached hydrogens (primary N) is 1. The summed E-state index contributed by atoms with van der Waals surface area (Å²) in [5.74, 6) is -0.306. The van der Waals surface area contributed by atoms with Gasteiger partial charge in [-0.05, 0) is 25.5 Å². The fourth-order valence-corrected chi connectivity index (χ4v) is 2.36. The summed E-state index contributed by atoms with van der Waals surface area (Å²) in [4.78, 5) is 24.4. The number of aromatic nitrogens is 2. The zero-order valence-electron chi connectivity index (χ0n) is 13.6. The second-order valence-corrected chi connectivity index (χ2v) is 5.73. The Bertz CT molecular complexity index is 700. The maximum absolute atomic E-state index is 12.3. The third-order valence-corrected chi connectivity index (χ3v) is 3.78. The first kappa shape index (κ1) is 17.0. The number of carbonyl (C=O) groups is 1. The standard InChI is InChI=1S/C17H24N4O2/c1-3-4-5-13(11-18)19-17(23)15-10-16(22)21(20-15)14-8-6-12(2)7-9-14/h6-10,13,20H,3-5,11,18H2,1-2H3,(H,19,23). The molecule has 1 atom stereocenters. The van der Waals surface area contributed by atoms with E-state index in [0.717, 1.165) is 24.8 Å². The van der Waals surface area contributed by atoms with Crippen LogP contribution < -0.4 is 16.6 Å². The molecule has 0 aliphatic rings. The highest BCUT2D eigenvalue weighted by Crippen LogP contribution is 2.07. The first-order valence-electron chi connectivity index (χ1n) is 7.95. The fourth-order valence-electron chi connectivity index (χ4n) is 2.36. The van der Waals surface area contributed by atoms with Crippen molar-refractivity contribution in [3.8, 4) is 5.69 Å². The Morgan fingerprint density at radius 2 is 2.04 bits per heavy atom. The smallest absolute Gasteiger partial charge is 0.271 e. The van der Waals surface area contributed by atoms with Crippen LogP contribution in [-0.4, -0.2) is 28.3 Å². The minimum Gasteiger partial charge on any atom is -0.347 e. The van der Waals surface area contributed by atoms with Crippen molar-refractivity contribution in [2.24, 2.45) is 5.73 Å². The number of hydrogen-bond donors (Lipinski definition) is 3. The number of unbranched alkanes of at least 4 members (excludes halogenated alkanes) is 1. The third kappa shape index (κ3) is 4.32. The molecule has 1 unspecified atom stereocenters. The van der Waals surface area contributed by atoms with Gasteiger partial charge in [0.05, 0.1) is 5.69 Å². The van der Waals surface area contributed by atoms with Crippen LogP contribution in [0, 0.1) is 6.92 Å². The van der Waals surface area contributed by atoms with Gasteiger partial charge in [0.1, 0.15) is 5.69 Å². The Morgan fingerprint density at radius 3 is 2.65 bits per heavy atom. The Balaban J connectivity index is 2.15. The minimum absolute atomic E-state index is 0.0753. The van der Waals surface area contributed by atoms with E-state index < -0.39 is 0 Å². The number of amides is 1. The molecule has 124 valence electrons. The summed E-state index contributed by atoms with van der Waals surface area (Å²) in [7, 11) is 0. The van der Waals surface area contributed by atoms with Crippen LogP contribution in [0.15, 0.2) is 35.1 Å². The number of nitrogens with one attached hydrogen (secondary N) is 2. The number of rotatable bonds is 7. The topological polar surface area (TPSA) is 92.9 Å². The molecule has 0 aliphatic carbocycles. The second kappa shape index (κ2) is 7.78. The molecule has 4 N–H and O–H groups in total. The van der Waals surface area contributed by atoms with Gasteiger partial charge in [0.25, 0.3) is 11.5 Å². The van der Waals surface area contributed by atoms with Crippen LogP contribution in [0.2, 0.25) is 0 Å². The van der Waals surface area contributed by atoms with Crippen LogP contribution in [0.3, 0.4) is 0 Å². The third-order valence-electron chi connectivity index (χ3n) is 3.78.